The van der Waals surface area contributed by atoms with Crippen LogP contribution in [0, 0.1) is 19.7 Å². The molecule has 8 heteroatoms. The van der Waals surface area contributed by atoms with Crippen LogP contribution in [0.25, 0.3) is 11.5 Å². The molecular formula is C18H16FN3O4. The molecule has 0 amide bonds. The van der Waals surface area contributed by atoms with Crippen LogP contribution < -0.4 is 0 Å². The second-order valence-corrected chi connectivity index (χ2v) is 5.77. The molecule has 3 aromatic rings. The van der Waals surface area contributed by atoms with Gasteiger partial charge in [-0.3, -0.25) is 4.79 Å². The standard InChI is InChI=1S/C18H16FN3O4/c1-9-15(11(3)23)10(2)20-16(9)18(24)25-8-14-21-22-17(26-14)12-4-6-13(19)7-5-12/h4-7,20H,8H2,1-3H3. The molecule has 26 heavy (non-hydrogen) atoms. The minimum atomic E-state index is -0.625. The van der Waals surface area contributed by atoms with Crippen LogP contribution in [0.2, 0.25) is 0 Å². The molecule has 0 spiro atoms. The van der Waals surface area contributed by atoms with Crippen molar-refractivity contribution < 1.29 is 23.1 Å². The average Bonchev–Trinajstić information content (AvgIpc) is 3.18. The van der Waals surface area contributed by atoms with Crippen molar-refractivity contribution in [1.29, 1.82) is 0 Å². The smallest absolute Gasteiger partial charge is 0.355 e. The first-order valence-corrected chi connectivity index (χ1v) is 7.82. The topological polar surface area (TPSA) is 98.1 Å². The van der Waals surface area contributed by atoms with Crippen molar-refractivity contribution in [2.45, 2.75) is 27.4 Å². The van der Waals surface area contributed by atoms with Crippen LogP contribution >= 0.6 is 0 Å². The number of benzene rings is 1. The lowest BCUT2D eigenvalue weighted by atomic mass is 10.1. The summed E-state index contributed by atoms with van der Waals surface area (Å²) in [6.45, 7) is 4.61. The van der Waals surface area contributed by atoms with Gasteiger partial charge in [0.15, 0.2) is 12.4 Å². The number of nitrogens with one attached hydrogen (secondary N) is 1. The minimum absolute atomic E-state index is 0.102. The van der Waals surface area contributed by atoms with E-state index < -0.39 is 5.97 Å². The highest BCUT2D eigenvalue weighted by Gasteiger charge is 2.21. The Kier molecular flexibility index (Phi) is 4.66. The molecule has 1 aromatic carbocycles. The van der Waals surface area contributed by atoms with Crippen LogP contribution in [0.5, 0.6) is 0 Å². The van der Waals surface area contributed by atoms with Crippen molar-refractivity contribution in [1.82, 2.24) is 15.2 Å². The Hall–Kier alpha value is -3.29. The molecule has 2 aromatic heterocycles. The SMILES string of the molecule is CC(=O)c1c(C)[nH]c(C(=O)OCc2nnc(-c3ccc(F)cc3)o2)c1C. The fraction of sp³-hybridized carbons (Fsp3) is 0.222. The summed E-state index contributed by atoms with van der Waals surface area (Å²) in [6.07, 6.45) is 0. The quantitative estimate of drug-likeness (QED) is 0.555. The van der Waals surface area contributed by atoms with Gasteiger partial charge in [-0.05, 0) is 50.6 Å². The van der Waals surface area contributed by atoms with Gasteiger partial charge in [-0.1, -0.05) is 0 Å². The summed E-state index contributed by atoms with van der Waals surface area (Å²) in [5.74, 6) is -0.827. The lowest BCUT2D eigenvalue weighted by Crippen LogP contribution is -2.08. The van der Waals surface area contributed by atoms with Gasteiger partial charge >= 0.3 is 5.97 Å². The van der Waals surface area contributed by atoms with Crippen LogP contribution in [-0.2, 0) is 11.3 Å². The summed E-state index contributed by atoms with van der Waals surface area (Å²) in [5.41, 5.74) is 2.40. The number of aromatic nitrogens is 3. The van der Waals surface area contributed by atoms with Gasteiger partial charge in [-0.25, -0.2) is 9.18 Å². The van der Waals surface area contributed by atoms with E-state index in [2.05, 4.69) is 15.2 Å². The number of hydrogen-bond donors (Lipinski definition) is 1. The number of carbonyl (C=O) groups is 2. The molecule has 0 radical (unpaired) electrons. The zero-order chi connectivity index (χ0) is 18.8. The molecule has 0 aliphatic heterocycles. The second kappa shape index (κ2) is 6.91. The van der Waals surface area contributed by atoms with Gasteiger partial charge in [0, 0.05) is 16.8 Å². The molecular weight excluding hydrogens is 341 g/mol. The van der Waals surface area contributed by atoms with Crippen LogP contribution in [-0.4, -0.2) is 26.9 Å². The minimum Gasteiger partial charge on any atom is -0.451 e. The molecule has 0 fully saturated rings. The summed E-state index contributed by atoms with van der Waals surface area (Å²) in [6, 6.07) is 5.57. The number of halogens is 1. The first-order chi connectivity index (χ1) is 12.4. The van der Waals surface area contributed by atoms with E-state index in [4.69, 9.17) is 9.15 Å². The summed E-state index contributed by atoms with van der Waals surface area (Å²) in [5, 5.41) is 7.64. The van der Waals surface area contributed by atoms with Gasteiger partial charge in [0.05, 0.1) is 0 Å². The number of ether oxygens (including phenoxy) is 1. The Morgan fingerprint density at radius 3 is 2.50 bits per heavy atom. The summed E-state index contributed by atoms with van der Waals surface area (Å²) in [7, 11) is 0. The molecule has 3 rings (SSSR count). The van der Waals surface area contributed by atoms with E-state index in [9.17, 15) is 14.0 Å². The normalized spacial score (nSPS) is 10.8. The van der Waals surface area contributed by atoms with Crippen LogP contribution in [0.1, 0.15) is 44.9 Å². The molecule has 1 N–H and O–H groups in total. The number of hydrogen-bond acceptors (Lipinski definition) is 6. The lowest BCUT2D eigenvalue weighted by molar-refractivity contribution is 0.0431. The zero-order valence-electron chi connectivity index (χ0n) is 14.4. The van der Waals surface area contributed by atoms with Crippen LogP contribution in [0.15, 0.2) is 28.7 Å². The van der Waals surface area contributed by atoms with E-state index >= 15 is 0 Å². The number of esters is 1. The molecule has 0 aliphatic rings. The van der Waals surface area contributed by atoms with Crippen molar-refractivity contribution in [3.8, 4) is 11.5 Å². The van der Waals surface area contributed by atoms with E-state index in [1.165, 1.54) is 31.2 Å². The number of carbonyl (C=O) groups excluding carboxylic acids is 2. The predicted octanol–water partition coefficient (Wildman–Crippen LogP) is 3.38. The molecule has 0 atom stereocenters. The highest BCUT2D eigenvalue weighted by atomic mass is 19.1. The molecule has 134 valence electrons. The van der Waals surface area contributed by atoms with Gasteiger partial charge < -0.3 is 14.1 Å². The zero-order valence-corrected chi connectivity index (χ0v) is 14.4. The predicted molar refractivity (Wildman–Crippen MR) is 89.1 cm³/mol. The monoisotopic (exact) mass is 357 g/mol. The summed E-state index contributed by atoms with van der Waals surface area (Å²) >= 11 is 0. The molecule has 0 saturated heterocycles. The number of ketones is 1. The Balaban J connectivity index is 1.70. The van der Waals surface area contributed by atoms with Gasteiger partial charge in [-0.2, -0.15) is 0 Å². The Labute approximate surface area is 148 Å². The first kappa shape index (κ1) is 17.5. The van der Waals surface area contributed by atoms with Gasteiger partial charge in [-0.15, -0.1) is 10.2 Å². The van der Waals surface area contributed by atoms with Crippen LogP contribution in [0.3, 0.4) is 0 Å². The van der Waals surface area contributed by atoms with Crippen LogP contribution in [0.4, 0.5) is 4.39 Å². The highest BCUT2D eigenvalue weighted by Crippen LogP contribution is 2.21. The van der Waals surface area contributed by atoms with E-state index in [0.29, 0.717) is 22.4 Å². The Morgan fingerprint density at radius 1 is 1.19 bits per heavy atom. The fourth-order valence-corrected chi connectivity index (χ4v) is 2.70. The van der Waals surface area contributed by atoms with Gasteiger partial charge in [0.1, 0.15) is 11.5 Å². The van der Waals surface area contributed by atoms with E-state index in [-0.39, 0.29) is 35.7 Å². The van der Waals surface area contributed by atoms with Crippen molar-refractivity contribution in [3.05, 3.63) is 58.5 Å². The van der Waals surface area contributed by atoms with Gasteiger partial charge in [0.25, 0.3) is 5.89 Å². The molecule has 2 heterocycles. The molecule has 0 bridgehead atoms. The number of aryl methyl sites for hydroxylation is 1. The summed E-state index contributed by atoms with van der Waals surface area (Å²) in [4.78, 5) is 26.7. The number of Topliss-reactive ketones (excluding diaryl/α,β-unsaturated/α-hetero) is 1. The third kappa shape index (κ3) is 3.39. The van der Waals surface area contributed by atoms with E-state index in [0.717, 1.165) is 0 Å². The number of rotatable bonds is 5. The molecule has 0 aliphatic carbocycles. The van der Waals surface area contributed by atoms with E-state index in [1.807, 2.05) is 0 Å². The molecule has 0 saturated carbocycles. The average molecular weight is 357 g/mol. The third-order valence-corrected chi connectivity index (χ3v) is 3.88. The van der Waals surface area contributed by atoms with Crippen molar-refractivity contribution in [2.24, 2.45) is 0 Å². The van der Waals surface area contributed by atoms with Crippen molar-refractivity contribution in [3.63, 3.8) is 0 Å². The Morgan fingerprint density at radius 2 is 1.88 bits per heavy atom. The molecule has 0 unspecified atom stereocenters. The van der Waals surface area contributed by atoms with Crippen molar-refractivity contribution >= 4 is 11.8 Å². The Bertz CT molecular complexity index is 973. The summed E-state index contributed by atoms with van der Waals surface area (Å²) < 4.78 is 23.5. The fourth-order valence-electron chi connectivity index (χ4n) is 2.70. The third-order valence-electron chi connectivity index (χ3n) is 3.88. The maximum atomic E-state index is 12.9. The number of aromatic amines is 1. The maximum Gasteiger partial charge on any atom is 0.355 e. The van der Waals surface area contributed by atoms with Gasteiger partial charge in [0.2, 0.25) is 5.89 Å². The number of nitrogens with zero attached hydrogens (tertiary/aromatic N) is 2. The highest BCUT2D eigenvalue weighted by molar-refractivity contribution is 6.01. The number of H-pyrrole nitrogens is 1. The maximum absolute atomic E-state index is 12.9. The lowest BCUT2D eigenvalue weighted by Gasteiger charge is -2.01. The molecule has 7 nitrogen and oxygen atoms in total. The van der Waals surface area contributed by atoms with Crippen molar-refractivity contribution in [2.75, 3.05) is 0 Å². The largest absolute Gasteiger partial charge is 0.451 e. The first-order valence-electron chi connectivity index (χ1n) is 7.82. The second-order valence-electron chi connectivity index (χ2n) is 5.77. The van der Waals surface area contributed by atoms with E-state index in [1.54, 1.807) is 13.8 Å².